The molecule has 0 radical (unpaired) electrons. The number of hydrogen-bond acceptors (Lipinski definition) is 5. The van der Waals surface area contributed by atoms with E-state index in [-0.39, 0.29) is 11.5 Å². The lowest BCUT2D eigenvalue weighted by atomic mass is 9.99. The first kappa shape index (κ1) is 25.0. The molecule has 1 unspecified atom stereocenters. The molecule has 2 amide bonds. The fraction of sp³-hybridized carbons (Fsp3) is 0.407. The normalized spacial score (nSPS) is 20.1. The number of carbonyl (C=O) groups excluding carboxylic acids is 3. The monoisotopic (exact) mass is 494 g/mol. The minimum atomic E-state index is -1.07. The van der Waals surface area contributed by atoms with Crippen molar-refractivity contribution in [2.24, 2.45) is 5.41 Å². The first-order chi connectivity index (χ1) is 16.6. The minimum Gasteiger partial charge on any atom is -0.480 e. The molecule has 2 aliphatic heterocycles. The Hall–Kier alpha value is -3.13. The lowest BCUT2D eigenvalue weighted by Crippen LogP contribution is -2.53. The van der Waals surface area contributed by atoms with Gasteiger partial charge in [-0.3, -0.25) is 19.3 Å². The Labute approximate surface area is 209 Å². The van der Waals surface area contributed by atoms with Crippen LogP contribution in [-0.4, -0.2) is 45.3 Å². The van der Waals surface area contributed by atoms with Crippen molar-refractivity contribution in [3.05, 3.63) is 65.2 Å². The summed E-state index contributed by atoms with van der Waals surface area (Å²) in [4.78, 5) is 53.1. The van der Waals surface area contributed by atoms with Gasteiger partial charge in [0.2, 0.25) is 11.8 Å². The van der Waals surface area contributed by atoms with E-state index in [1.165, 1.54) is 4.90 Å². The summed E-state index contributed by atoms with van der Waals surface area (Å²) in [6.45, 7) is 5.43. The molecule has 2 aliphatic rings. The van der Waals surface area contributed by atoms with Crippen LogP contribution >= 0.6 is 11.8 Å². The Morgan fingerprint density at radius 3 is 2.43 bits per heavy atom. The topological polar surface area (TPSA) is 104 Å². The van der Waals surface area contributed by atoms with E-state index < -0.39 is 40.5 Å². The summed E-state index contributed by atoms with van der Waals surface area (Å²) in [6.07, 6.45) is 1.49. The van der Waals surface area contributed by atoms with E-state index in [0.717, 1.165) is 28.5 Å². The Morgan fingerprint density at radius 1 is 1.09 bits per heavy atom. The van der Waals surface area contributed by atoms with Crippen LogP contribution < -0.4 is 10.2 Å². The number of carbonyl (C=O) groups is 4. The number of benzene rings is 2. The molecule has 0 spiro atoms. The third kappa shape index (κ3) is 5.27. The zero-order valence-electron chi connectivity index (χ0n) is 20.1. The maximum Gasteiger partial charge on any atom is 0.327 e. The van der Waals surface area contributed by atoms with Gasteiger partial charge < -0.3 is 10.4 Å². The minimum absolute atomic E-state index is 0.108. The van der Waals surface area contributed by atoms with Gasteiger partial charge in [-0.1, -0.05) is 81.1 Å². The molecular weight excluding hydrogens is 464 g/mol. The van der Waals surface area contributed by atoms with Crippen LogP contribution in [0.2, 0.25) is 0 Å². The Morgan fingerprint density at radius 2 is 1.77 bits per heavy atom. The largest absolute Gasteiger partial charge is 0.480 e. The summed E-state index contributed by atoms with van der Waals surface area (Å²) in [5.41, 5.74) is 2.70. The lowest BCUT2D eigenvalue weighted by Gasteiger charge is -2.27. The maximum atomic E-state index is 13.6. The van der Waals surface area contributed by atoms with Gasteiger partial charge in [0.1, 0.15) is 12.1 Å². The number of carboxylic acids is 1. The van der Waals surface area contributed by atoms with E-state index in [4.69, 9.17) is 0 Å². The van der Waals surface area contributed by atoms with Gasteiger partial charge in [-0.15, -0.1) is 0 Å². The van der Waals surface area contributed by atoms with E-state index in [1.807, 2.05) is 69.3 Å². The number of hydrogen-bond donors (Lipinski definition) is 2. The quantitative estimate of drug-likeness (QED) is 0.638. The second kappa shape index (κ2) is 9.85. The number of thioether (sulfide) groups is 1. The van der Waals surface area contributed by atoms with Crippen molar-refractivity contribution in [1.82, 2.24) is 5.32 Å². The molecule has 0 saturated heterocycles. The van der Waals surface area contributed by atoms with Crippen molar-refractivity contribution in [2.75, 3.05) is 4.90 Å². The van der Waals surface area contributed by atoms with Crippen molar-refractivity contribution >= 4 is 40.3 Å². The van der Waals surface area contributed by atoms with Gasteiger partial charge in [0, 0.05) is 11.8 Å². The molecule has 2 aromatic rings. The maximum absolute atomic E-state index is 13.6. The average molecular weight is 495 g/mol. The van der Waals surface area contributed by atoms with E-state index in [2.05, 4.69) is 5.32 Å². The Kier molecular flexibility index (Phi) is 7.03. The van der Waals surface area contributed by atoms with E-state index in [9.17, 15) is 24.3 Å². The molecule has 7 nitrogen and oxygen atoms in total. The van der Waals surface area contributed by atoms with E-state index in [1.54, 1.807) is 0 Å². The van der Waals surface area contributed by atoms with Crippen LogP contribution in [0.25, 0.3) is 0 Å². The van der Waals surface area contributed by atoms with Gasteiger partial charge >= 0.3 is 5.97 Å². The first-order valence-corrected chi connectivity index (χ1v) is 12.7. The molecule has 2 heterocycles. The summed E-state index contributed by atoms with van der Waals surface area (Å²) in [5.74, 6) is -1.88. The van der Waals surface area contributed by atoms with Crippen LogP contribution in [-0.2, 0) is 38.4 Å². The lowest BCUT2D eigenvalue weighted by molar-refractivity contribution is -0.140. The third-order valence-electron chi connectivity index (χ3n) is 6.43. The average Bonchev–Trinajstić information content (AvgIpc) is 3.15. The summed E-state index contributed by atoms with van der Waals surface area (Å²) in [7, 11) is 0. The van der Waals surface area contributed by atoms with Crippen molar-refractivity contribution in [3.63, 3.8) is 0 Å². The number of aliphatic carboxylic acids is 1. The summed E-state index contributed by atoms with van der Waals surface area (Å²) in [6, 6.07) is 13.2. The highest BCUT2D eigenvalue weighted by Gasteiger charge is 2.44. The number of carboxylic acid groups (broad SMARTS) is 1. The standard InChI is InChI=1S/C27H30N2O5S/c1-27(2,3)26(34)35-21(14-16-8-5-4-6-9-16)23(30)28-19-13-12-17-10-7-11-18-15-20(25(32)33)29(22(17)18)24(19)31/h4-11,19-21H,12-15H2,1-3H3,(H,28,30)(H,32,33)/t19?,20-,21-/m0/s1. The molecule has 8 heteroatoms. The highest BCUT2D eigenvalue weighted by atomic mass is 32.2. The second-order valence-corrected chi connectivity index (χ2v) is 11.3. The molecule has 3 atom stereocenters. The second-order valence-electron chi connectivity index (χ2n) is 10.1. The van der Waals surface area contributed by atoms with Gasteiger partial charge in [-0.2, -0.15) is 0 Å². The van der Waals surface area contributed by atoms with Crippen LogP contribution in [0.15, 0.2) is 48.5 Å². The number of rotatable bonds is 6. The van der Waals surface area contributed by atoms with E-state index in [0.29, 0.717) is 24.9 Å². The predicted octanol–water partition coefficient (Wildman–Crippen LogP) is 3.38. The molecule has 4 rings (SSSR count). The fourth-order valence-electron chi connectivity index (χ4n) is 4.55. The SMILES string of the molecule is CC(C)(C)C(=O)S[C@@H](Cc1ccccc1)C(=O)NC1CCc2cccc3c2N(C1=O)[C@H](C(=O)O)C3. The molecule has 184 valence electrons. The van der Waals surface area contributed by atoms with Gasteiger partial charge in [-0.05, 0) is 36.0 Å². The highest BCUT2D eigenvalue weighted by molar-refractivity contribution is 8.14. The Bertz CT molecular complexity index is 1160. The zero-order valence-corrected chi connectivity index (χ0v) is 20.9. The fourth-order valence-corrected chi connectivity index (χ4v) is 5.61. The van der Waals surface area contributed by atoms with Crippen LogP contribution in [0, 0.1) is 5.41 Å². The summed E-state index contributed by atoms with van der Waals surface area (Å²) in [5, 5.41) is 11.8. The molecule has 0 saturated carbocycles. The number of aryl methyl sites for hydroxylation is 1. The predicted molar refractivity (Wildman–Crippen MR) is 135 cm³/mol. The molecular formula is C27H30N2O5S. The van der Waals surface area contributed by atoms with Gasteiger partial charge in [-0.25, -0.2) is 4.79 Å². The van der Waals surface area contributed by atoms with Gasteiger partial charge in [0.05, 0.1) is 10.9 Å². The van der Waals surface area contributed by atoms with Crippen LogP contribution in [0.5, 0.6) is 0 Å². The molecule has 0 fully saturated rings. The van der Waals surface area contributed by atoms with Gasteiger partial charge in [0.15, 0.2) is 5.12 Å². The molecule has 0 bridgehead atoms. The molecule has 35 heavy (non-hydrogen) atoms. The van der Waals surface area contributed by atoms with Crippen molar-refractivity contribution in [3.8, 4) is 0 Å². The number of nitrogens with one attached hydrogen (secondary N) is 1. The van der Waals surface area contributed by atoms with Crippen LogP contribution in [0.3, 0.4) is 0 Å². The van der Waals surface area contributed by atoms with Crippen molar-refractivity contribution < 1.29 is 24.3 Å². The van der Waals surface area contributed by atoms with Crippen molar-refractivity contribution in [1.29, 1.82) is 0 Å². The Balaban J connectivity index is 1.58. The molecule has 2 aromatic carbocycles. The summed E-state index contributed by atoms with van der Waals surface area (Å²) >= 11 is 0.989. The third-order valence-corrected chi connectivity index (χ3v) is 7.92. The van der Waals surface area contributed by atoms with Crippen LogP contribution in [0.1, 0.15) is 43.9 Å². The zero-order chi connectivity index (χ0) is 25.3. The number of amides is 2. The van der Waals surface area contributed by atoms with Gasteiger partial charge in [0.25, 0.3) is 0 Å². The first-order valence-electron chi connectivity index (χ1n) is 11.8. The summed E-state index contributed by atoms with van der Waals surface area (Å²) < 4.78 is 0. The van der Waals surface area contributed by atoms with E-state index >= 15 is 0 Å². The van der Waals surface area contributed by atoms with Crippen molar-refractivity contribution in [2.45, 2.75) is 63.8 Å². The molecule has 2 N–H and O–H groups in total. The number of para-hydroxylation sites is 1. The molecule has 0 aromatic heterocycles. The molecule has 0 aliphatic carbocycles. The highest BCUT2D eigenvalue weighted by Crippen LogP contribution is 2.39. The smallest absolute Gasteiger partial charge is 0.327 e. The van der Waals surface area contributed by atoms with Crippen LogP contribution in [0.4, 0.5) is 5.69 Å². The number of anilines is 1. The number of nitrogens with zero attached hydrogens (tertiary/aromatic N) is 1.